The molecule has 1 saturated heterocycles. The summed E-state index contributed by atoms with van der Waals surface area (Å²) in [5.41, 5.74) is 1.63. The fraction of sp³-hybridized carbons (Fsp3) is 0.714. The van der Waals surface area contributed by atoms with Crippen LogP contribution in [0, 0.1) is 12.8 Å². The van der Waals surface area contributed by atoms with Crippen LogP contribution < -0.4 is 0 Å². The average Bonchev–Trinajstić information content (AvgIpc) is 2.98. The summed E-state index contributed by atoms with van der Waals surface area (Å²) in [5.74, 6) is 0.238. The first-order chi connectivity index (χ1) is 9.08. The number of hydrogen-bond donors (Lipinski definition) is 0. The predicted molar refractivity (Wildman–Crippen MR) is 74.5 cm³/mol. The highest BCUT2D eigenvalue weighted by molar-refractivity contribution is 6.32. The summed E-state index contributed by atoms with van der Waals surface area (Å²) < 4.78 is 7.42. The first-order valence-corrected chi connectivity index (χ1v) is 7.32. The smallest absolute Gasteiger partial charge is 0.144 e. The van der Waals surface area contributed by atoms with E-state index in [4.69, 9.17) is 16.3 Å². The number of nitrogens with zero attached hydrogens (tertiary/aromatic N) is 2. The van der Waals surface area contributed by atoms with Crippen molar-refractivity contribution in [3.05, 3.63) is 16.4 Å². The van der Waals surface area contributed by atoms with Crippen molar-refractivity contribution in [2.24, 2.45) is 5.92 Å². The van der Waals surface area contributed by atoms with Crippen LogP contribution in [0.4, 0.5) is 0 Å². The SMILES string of the molecule is CCC1OCCC1C(=O)Cc1c(Cl)c(C)nn1CC. The maximum Gasteiger partial charge on any atom is 0.144 e. The monoisotopic (exact) mass is 284 g/mol. The summed E-state index contributed by atoms with van der Waals surface area (Å²) in [6, 6.07) is 0. The normalized spacial score (nSPS) is 22.9. The number of hydrogen-bond acceptors (Lipinski definition) is 3. The summed E-state index contributed by atoms with van der Waals surface area (Å²) in [4.78, 5) is 12.4. The van der Waals surface area contributed by atoms with Crippen LogP contribution in [-0.4, -0.2) is 28.3 Å². The van der Waals surface area contributed by atoms with E-state index in [1.807, 2.05) is 18.5 Å². The topological polar surface area (TPSA) is 44.1 Å². The highest BCUT2D eigenvalue weighted by Crippen LogP contribution is 2.28. The zero-order chi connectivity index (χ0) is 14.0. The molecule has 2 rings (SSSR count). The molecule has 1 aliphatic rings. The van der Waals surface area contributed by atoms with Gasteiger partial charge in [-0.3, -0.25) is 9.48 Å². The molecule has 0 saturated carbocycles. The number of carbonyl (C=O) groups is 1. The van der Waals surface area contributed by atoms with Gasteiger partial charge in [0.2, 0.25) is 0 Å². The van der Waals surface area contributed by atoms with Gasteiger partial charge in [0.25, 0.3) is 0 Å². The molecule has 1 fully saturated rings. The maximum absolute atomic E-state index is 12.4. The molecule has 0 aliphatic carbocycles. The van der Waals surface area contributed by atoms with Crippen LogP contribution >= 0.6 is 11.6 Å². The van der Waals surface area contributed by atoms with E-state index >= 15 is 0 Å². The lowest BCUT2D eigenvalue weighted by Gasteiger charge is -2.15. The van der Waals surface area contributed by atoms with Crippen molar-refractivity contribution < 1.29 is 9.53 Å². The number of aromatic nitrogens is 2. The van der Waals surface area contributed by atoms with Crippen LogP contribution in [0.15, 0.2) is 0 Å². The molecule has 4 nitrogen and oxygen atoms in total. The van der Waals surface area contributed by atoms with Crippen molar-refractivity contribution in [2.75, 3.05) is 6.61 Å². The Morgan fingerprint density at radius 3 is 2.89 bits per heavy atom. The van der Waals surface area contributed by atoms with Gasteiger partial charge in [-0.2, -0.15) is 5.10 Å². The van der Waals surface area contributed by atoms with Crippen molar-refractivity contribution in [1.29, 1.82) is 0 Å². The average molecular weight is 285 g/mol. The van der Waals surface area contributed by atoms with Gasteiger partial charge in [0, 0.05) is 19.1 Å². The number of rotatable bonds is 5. The van der Waals surface area contributed by atoms with Crippen molar-refractivity contribution in [2.45, 2.75) is 52.7 Å². The molecule has 0 bridgehead atoms. The minimum absolute atomic E-state index is 0.0154. The molecular weight excluding hydrogens is 264 g/mol. The van der Waals surface area contributed by atoms with Crippen molar-refractivity contribution >= 4 is 17.4 Å². The van der Waals surface area contributed by atoms with Crippen LogP contribution in [0.5, 0.6) is 0 Å². The maximum atomic E-state index is 12.4. The van der Waals surface area contributed by atoms with Crippen LogP contribution in [0.3, 0.4) is 0 Å². The molecule has 0 spiro atoms. The summed E-state index contributed by atoms with van der Waals surface area (Å²) in [5, 5.41) is 4.98. The zero-order valence-electron chi connectivity index (χ0n) is 11.8. The van der Waals surface area contributed by atoms with Crippen LogP contribution in [-0.2, 0) is 22.5 Å². The molecule has 0 aromatic carbocycles. The standard InChI is InChI=1S/C14H21ClN2O2/c1-4-13-10(6-7-19-13)12(18)8-11-14(15)9(3)16-17(11)5-2/h10,13H,4-8H2,1-3H3. The molecule has 0 N–H and O–H groups in total. The summed E-state index contributed by atoms with van der Waals surface area (Å²) >= 11 is 6.25. The predicted octanol–water partition coefficient (Wildman–Crippen LogP) is 2.79. The van der Waals surface area contributed by atoms with E-state index in [9.17, 15) is 4.79 Å². The molecule has 0 radical (unpaired) electrons. The lowest BCUT2D eigenvalue weighted by Crippen LogP contribution is -2.26. The molecule has 19 heavy (non-hydrogen) atoms. The van der Waals surface area contributed by atoms with Gasteiger partial charge in [0.15, 0.2) is 0 Å². The van der Waals surface area contributed by atoms with E-state index in [0.717, 1.165) is 30.8 Å². The molecule has 5 heteroatoms. The second-order valence-electron chi connectivity index (χ2n) is 5.02. The molecule has 2 heterocycles. The van der Waals surface area contributed by atoms with E-state index in [1.54, 1.807) is 0 Å². The number of carbonyl (C=O) groups excluding carboxylic acids is 1. The molecular formula is C14H21ClN2O2. The zero-order valence-corrected chi connectivity index (χ0v) is 12.5. The van der Waals surface area contributed by atoms with Crippen LogP contribution in [0.1, 0.15) is 38.1 Å². The second kappa shape index (κ2) is 6.06. The molecule has 2 atom stereocenters. The van der Waals surface area contributed by atoms with Gasteiger partial charge < -0.3 is 4.74 Å². The van der Waals surface area contributed by atoms with Crippen LogP contribution in [0.2, 0.25) is 5.02 Å². The van der Waals surface area contributed by atoms with Gasteiger partial charge in [-0.1, -0.05) is 18.5 Å². The Kier molecular flexibility index (Phi) is 4.63. The number of aryl methyl sites for hydroxylation is 2. The minimum Gasteiger partial charge on any atom is -0.377 e. The van der Waals surface area contributed by atoms with E-state index in [1.165, 1.54) is 0 Å². The Bertz CT molecular complexity index is 470. The minimum atomic E-state index is 0.0154. The third-order valence-electron chi connectivity index (χ3n) is 3.82. The number of ether oxygens (including phenoxy) is 1. The molecule has 106 valence electrons. The summed E-state index contributed by atoms with van der Waals surface area (Å²) in [6.07, 6.45) is 2.15. The summed E-state index contributed by atoms with van der Waals surface area (Å²) in [7, 11) is 0. The molecule has 0 amide bonds. The lowest BCUT2D eigenvalue weighted by atomic mass is 9.92. The Labute approximate surface area is 119 Å². The van der Waals surface area contributed by atoms with Crippen molar-refractivity contribution in [3.63, 3.8) is 0 Å². The lowest BCUT2D eigenvalue weighted by molar-refractivity contribution is -0.124. The Morgan fingerprint density at radius 1 is 1.53 bits per heavy atom. The van der Waals surface area contributed by atoms with Crippen LogP contribution in [0.25, 0.3) is 0 Å². The van der Waals surface area contributed by atoms with Crippen molar-refractivity contribution in [3.8, 4) is 0 Å². The quantitative estimate of drug-likeness (QED) is 0.835. The number of Topliss-reactive ketones (excluding diaryl/α,β-unsaturated/α-hetero) is 1. The largest absolute Gasteiger partial charge is 0.377 e. The fourth-order valence-electron chi connectivity index (χ4n) is 2.75. The molecule has 2 unspecified atom stereocenters. The van der Waals surface area contributed by atoms with E-state index < -0.39 is 0 Å². The Hall–Kier alpha value is -0.870. The van der Waals surface area contributed by atoms with E-state index in [0.29, 0.717) is 18.1 Å². The Balaban J connectivity index is 2.15. The van der Waals surface area contributed by atoms with E-state index in [2.05, 4.69) is 12.0 Å². The van der Waals surface area contributed by atoms with Gasteiger partial charge in [-0.15, -0.1) is 0 Å². The first kappa shape index (κ1) is 14.5. The molecule has 1 aromatic heterocycles. The first-order valence-electron chi connectivity index (χ1n) is 6.94. The van der Waals surface area contributed by atoms with Crippen molar-refractivity contribution in [1.82, 2.24) is 9.78 Å². The molecule has 1 aliphatic heterocycles. The van der Waals surface area contributed by atoms with Gasteiger partial charge in [0.1, 0.15) is 5.78 Å². The van der Waals surface area contributed by atoms with Gasteiger partial charge in [0.05, 0.1) is 28.9 Å². The highest BCUT2D eigenvalue weighted by atomic mass is 35.5. The Morgan fingerprint density at radius 2 is 2.26 bits per heavy atom. The van der Waals surface area contributed by atoms with E-state index in [-0.39, 0.29) is 17.8 Å². The fourth-order valence-corrected chi connectivity index (χ4v) is 2.96. The highest BCUT2D eigenvalue weighted by Gasteiger charge is 2.33. The van der Waals surface area contributed by atoms with Gasteiger partial charge in [-0.25, -0.2) is 0 Å². The third kappa shape index (κ3) is 2.84. The summed E-state index contributed by atoms with van der Waals surface area (Å²) in [6.45, 7) is 7.35. The number of ketones is 1. The van der Waals surface area contributed by atoms with Gasteiger partial charge >= 0.3 is 0 Å². The van der Waals surface area contributed by atoms with Gasteiger partial charge in [-0.05, 0) is 26.7 Å². The second-order valence-corrected chi connectivity index (χ2v) is 5.40. The molecule has 1 aromatic rings. The number of halogens is 1. The third-order valence-corrected chi connectivity index (χ3v) is 4.31.